The molecule has 1 aromatic heterocycles. The molecule has 2 N–H and O–H groups in total. The minimum Gasteiger partial charge on any atom is -0.493 e. The van der Waals surface area contributed by atoms with E-state index < -0.39 is 0 Å². The SMILES string of the molecule is CCCOc1ccc(CN)c(OCCn2ccnc2C)c1. The topological polar surface area (TPSA) is 62.3 Å². The first-order chi connectivity index (χ1) is 10.2. The van der Waals surface area contributed by atoms with E-state index in [4.69, 9.17) is 15.2 Å². The van der Waals surface area contributed by atoms with Crippen molar-refractivity contribution in [2.75, 3.05) is 13.2 Å². The number of nitrogens with zero attached hydrogens (tertiary/aromatic N) is 2. The third kappa shape index (κ3) is 4.23. The Morgan fingerprint density at radius 1 is 1.24 bits per heavy atom. The summed E-state index contributed by atoms with van der Waals surface area (Å²) < 4.78 is 13.6. The van der Waals surface area contributed by atoms with Gasteiger partial charge in [0.05, 0.1) is 13.2 Å². The van der Waals surface area contributed by atoms with Gasteiger partial charge in [0, 0.05) is 30.6 Å². The summed E-state index contributed by atoms with van der Waals surface area (Å²) in [6.07, 6.45) is 4.72. The lowest BCUT2D eigenvalue weighted by Crippen LogP contribution is -2.10. The van der Waals surface area contributed by atoms with Gasteiger partial charge in [-0.15, -0.1) is 0 Å². The van der Waals surface area contributed by atoms with Crippen molar-refractivity contribution in [1.82, 2.24) is 9.55 Å². The van der Waals surface area contributed by atoms with Crippen molar-refractivity contribution in [1.29, 1.82) is 0 Å². The number of rotatable bonds is 8. The van der Waals surface area contributed by atoms with Crippen LogP contribution in [0.15, 0.2) is 30.6 Å². The summed E-state index contributed by atoms with van der Waals surface area (Å²) in [5, 5.41) is 0. The highest BCUT2D eigenvalue weighted by Gasteiger charge is 2.06. The van der Waals surface area contributed by atoms with Crippen molar-refractivity contribution in [2.24, 2.45) is 5.73 Å². The smallest absolute Gasteiger partial charge is 0.127 e. The number of benzene rings is 1. The molecule has 0 fully saturated rings. The monoisotopic (exact) mass is 289 g/mol. The third-order valence-electron chi connectivity index (χ3n) is 3.24. The first-order valence-electron chi connectivity index (χ1n) is 7.31. The maximum atomic E-state index is 5.87. The lowest BCUT2D eigenvalue weighted by molar-refractivity contribution is 0.286. The second kappa shape index (κ2) is 7.69. The highest BCUT2D eigenvalue weighted by Crippen LogP contribution is 2.25. The Labute approximate surface area is 125 Å². The van der Waals surface area contributed by atoms with Gasteiger partial charge in [-0.1, -0.05) is 13.0 Å². The fraction of sp³-hybridized carbons (Fsp3) is 0.438. The van der Waals surface area contributed by atoms with Crippen LogP contribution >= 0.6 is 0 Å². The van der Waals surface area contributed by atoms with Crippen molar-refractivity contribution in [2.45, 2.75) is 33.4 Å². The average Bonchev–Trinajstić information content (AvgIpc) is 2.91. The van der Waals surface area contributed by atoms with Crippen molar-refractivity contribution < 1.29 is 9.47 Å². The standard InChI is InChI=1S/C16H23N3O2/c1-3-9-20-15-5-4-14(12-17)16(11-15)21-10-8-19-7-6-18-13(19)2/h4-7,11H,3,8-10,12,17H2,1-2H3. The molecule has 0 amide bonds. The van der Waals surface area contributed by atoms with Gasteiger partial charge in [0.15, 0.2) is 0 Å². The maximum Gasteiger partial charge on any atom is 0.127 e. The number of nitrogens with two attached hydrogens (primary N) is 1. The predicted molar refractivity (Wildman–Crippen MR) is 82.6 cm³/mol. The summed E-state index contributed by atoms with van der Waals surface area (Å²) in [6.45, 7) is 6.55. The predicted octanol–water partition coefficient (Wildman–Crippen LogP) is 2.52. The summed E-state index contributed by atoms with van der Waals surface area (Å²) in [4.78, 5) is 4.19. The third-order valence-corrected chi connectivity index (χ3v) is 3.24. The molecule has 5 nitrogen and oxygen atoms in total. The summed E-state index contributed by atoms with van der Waals surface area (Å²) in [7, 11) is 0. The Bertz CT molecular complexity index is 566. The van der Waals surface area contributed by atoms with Crippen LogP contribution in [0.2, 0.25) is 0 Å². The van der Waals surface area contributed by atoms with E-state index in [0.717, 1.165) is 35.9 Å². The van der Waals surface area contributed by atoms with Gasteiger partial charge in [0.1, 0.15) is 23.9 Å². The van der Waals surface area contributed by atoms with Crippen LogP contribution in [0.5, 0.6) is 11.5 Å². The normalized spacial score (nSPS) is 10.6. The number of ether oxygens (including phenoxy) is 2. The molecule has 2 rings (SSSR count). The number of aryl methyl sites for hydroxylation is 1. The van der Waals surface area contributed by atoms with Gasteiger partial charge in [-0.25, -0.2) is 4.98 Å². The summed E-state index contributed by atoms with van der Waals surface area (Å²) in [5.74, 6) is 2.60. The fourth-order valence-electron chi connectivity index (χ4n) is 2.04. The Morgan fingerprint density at radius 3 is 2.76 bits per heavy atom. The Morgan fingerprint density at radius 2 is 2.10 bits per heavy atom. The number of hydrogen-bond acceptors (Lipinski definition) is 4. The van der Waals surface area contributed by atoms with E-state index in [0.29, 0.717) is 19.8 Å². The van der Waals surface area contributed by atoms with Crippen molar-refractivity contribution >= 4 is 0 Å². The number of imidazole rings is 1. The van der Waals surface area contributed by atoms with Crippen LogP contribution < -0.4 is 15.2 Å². The molecule has 114 valence electrons. The van der Waals surface area contributed by atoms with Gasteiger partial charge in [-0.05, 0) is 19.4 Å². The molecular weight excluding hydrogens is 266 g/mol. The molecule has 2 aromatic rings. The van der Waals surface area contributed by atoms with Gasteiger partial charge >= 0.3 is 0 Å². The van der Waals surface area contributed by atoms with Crippen LogP contribution in [0.25, 0.3) is 0 Å². The lowest BCUT2D eigenvalue weighted by atomic mass is 10.2. The summed E-state index contributed by atoms with van der Waals surface area (Å²) >= 11 is 0. The molecule has 0 aliphatic carbocycles. The van der Waals surface area contributed by atoms with Gasteiger partial charge in [-0.3, -0.25) is 0 Å². The van der Waals surface area contributed by atoms with Crippen molar-refractivity contribution in [3.05, 3.63) is 42.0 Å². The molecule has 0 unspecified atom stereocenters. The quantitative estimate of drug-likeness (QED) is 0.811. The van der Waals surface area contributed by atoms with Crippen LogP contribution in [0.4, 0.5) is 0 Å². The molecule has 0 saturated carbocycles. The molecule has 0 aliphatic heterocycles. The van der Waals surface area contributed by atoms with E-state index >= 15 is 0 Å². The zero-order valence-electron chi connectivity index (χ0n) is 12.7. The minimum atomic E-state index is 0.452. The zero-order chi connectivity index (χ0) is 15.1. The van der Waals surface area contributed by atoms with E-state index in [1.54, 1.807) is 6.20 Å². The van der Waals surface area contributed by atoms with Crippen molar-refractivity contribution in [3.8, 4) is 11.5 Å². The molecule has 5 heteroatoms. The van der Waals surface area contributed by atoms with Crippen LogP contribution in [0, 0.1) is 6.92 Å². The molecule has 0 aliphatic rings. The molecule has 21 heavy (non-hydrogen) atoms. The molecule has 0 saturated heterocycles. The number of hydrogen-bond donors (Lipinski definition) is 1. The molecule has 0 bridgehead atoms. The first kappa shape index (κ1) is 15.4. The lowest BCUT2D eigenvalue weighted by Gasteiger charge is -2.13. The summed E-state index contributed by atoms with van der Waals surface area (Å²) in [5.41, 5.74) is 6.74. The molecule has 1 aromatic carbocycles. The zero-order valence-corrected chi connectivity index (χ0v) is 12.7. The van der Waals surface area contributed by atoms with Crippen LogP contribution in [0.3, 0.4) is 0 Å². The molecule has 0 atom stereocenters. The van der Waals surface area contributed by atoms with Crippen LogP contribution in [-0.4, -0.2) is 22.8 Å². The molecule has 1 heterocycles. The minimum absolute atomic E-state index is 0.452. The fourth-order valence-corrected chi connectivity index (χ4v) is 2.04. The van der Waals surface area contributed by atoms with Gasteiger partial charge < -0.3 is 19.8 Å². The molecule has 0 radical (unpaired) electrons. The molecule has 0 spiro atoms. The van der Waals surface area contributed by atoms with Gasteiger partial charge in [0.2, 0.25) is 0 Å². The van der Waals surface area contributed by atoms with E-state index in [-0.39, 0.29) is 0 Å². The van der Waals surface area contributed by atoms with Crippen LogP contribution in [0.1, 0.15) is 24.7 Å². The second-order valence-electron chi connectivity index (χ2n) is 4.84. The highest BCUT2D eigenvalue weighted by molar-refractivity contribution is 5.40. The average molecular weight is 289 g/mol. The summed E-state index contributed by atoms with van der Waals surface area (Å²) in [6, 6.07) is 5.81. The van der Waals surface area contributed by atoms with E-state index in [1.807, 2.05) is 31.3 Å². The Balaban J connectivity index is 1.98. The Kier molecular flexibility index (Phi) is 5.63. The van der Waals surface area contributed by atoms with E-state index in [1.165, 1.54) is 0 Å². The highest BCUT2D eigenvalue weighted by atomic mass is 16.5. The van der Waals surface area contributed by atoms with Gasteiger partial charge in [-0.2, -0.15) is 0 Å². The largest absolute Gasteiger partial charge is 0.493 e. The van der Waals surface area contributed by atoms with Crippen molar-refractivity contribution in [3.63, 3.8) is 0 Å². The van der Waals surface area contributed by atoms with Gasteiger partial charge in [0.25, 0.3) is 0 Å². The first-order valence-corrected chi connectivity index (χ1v) is 7.31. The Hall–Kier alpha value is -2.01. The van der Waals surface area contributed by atoms with E-state index in [9.17, 15) is 0 Å². The molecular formula is C16H23N3O2. The van der Waals surface area contributed by atoms with E-state index in [2.05, 4.69) is 16.5 Å². The second-order valence-corrected chi connectivity index (χ2v) is 4.84. The van der Waals surface area contributed by atoms with Crippen LogP contribution in [-0.2, 0) is 13.1 Å². The maximum absolute atomic E-state index is 5.87. The number of aromatic nitrogens is 2.